The fraction of sp³-hybridized carbons (Fsp3) is 0. The van der Waals surface area contributed by atoms with Crippen LogP contribution in [0.2, 0.25) is 5.02 Å². The minimum absolute atomic E-state index is 0.0720. The molecular formula is C15H9ClN4O3. The number of nitro groups is 1. The van der Waals surface area contributed by atoms with Crippen LogP contribution in [-0.2, 0) is 0 Å². The lowest BCUT2D eigenvalue weighted by atomic mass is 10.1. The van der Waals surface area contributed by atoms with Gasteiger partial charge in [-0.15, -0.1) is 0 Å². The summed E-state index contributed by atoms with van der Waals surface area (Å²) in [6.45, 7) is 0. The number of hydrogen-bond donors (Lipinski definition) is 1. The average molecular weight is 329 g/mol. The number of carbonyl (C=O) groups is 1. The van der Waals surface area contributed by atoms with Gasteiger partial charge in [-0.2, -0.15) is 10.4 Å². The second kappa shape index (κ2) is 7.15. The van der Waals surface area contributed by atoms with Crippen molar-refractivity contribution >= 4 is 34.5 Å². The van der Waals surface area contributed by atoms with Crippen molar-refractivity contribution in [1.29, 1.82) is 5.26 Å². The Morgan fingerprint density at radius 2 is 1.78 bits per heavy atom. The second-order valence-electron chi connectivity index (χ2n) is 4.32. The van der Waals surface area contributed by atoms with E-state index in [1.807, 2.05) is 0 Å². The summed E-state index contributed by atoms with van der Waals surface area (Å²) in [5.41, 5.74) is 2.79. The molecule has 114 valence electrons. The first-order valence-electron chi connectivity index (χ1n) is 6.30. The summed E-state index contributed by atoms with van der Waals surface area (Å²) in [6, 6.07) is 13.2. The standard InChI is InChI=1S/C15H9ClN4O3/c16-11-3-1-10(2-4-11)15(21)14(9-17)19-18-12-5-7-13(8-6-12)20(22)23/h1-8,18H/b19-14+. The molecule has 8 heteroatoms. The maximum absolute atomic E-state index is 12.1. The normalized spacial score (nSPS) is 10.7. The van der Waals surface area contributed by atoms with Gasteiger partial charge in [-0.05, 0) is 36.4 Å². The molecule has 0 heterocycles. The highest BCUT2D eigenvalue weighted by atomic mass is 35.5. The maximum atomic E-state index is 12.1. The van der Waals surface area contributed by atoms with Crippen LogP contribution in [0.1, 0.15) is 10.4 Å². The van der Waals surface area contributed by atoms with Crippen molar-refractivity contribution in [2.75, 3.05) is 5.43 Å². The summed E-state index contributed by atoms with van der Waals surface area (Å²) < 4.78 is 0. The number of Topliss-reactive ketones (excluding diaryl/α,β-unsaturated/α-hetero) is 1. The van der Waals surface area contributed by atoms with E-state index in [1.54, 1.807) is 6.07 Å². The maximum Gasteiger partial charge on any atom is 0.269 e. The third-order valence-electron chi connectivity index (χ3n) is 2.80. The van der Waals surface area contributed by atoms with Gasteiger partial charge in [0.15, 0.2) is 0 Å². The number of carbonyl (C=O) groups excluding carboxylic acids is 1. The van der Waals surface area contributed by atoms with Crippen LogP contribution in [0.3, 0.4) is 0 Å². The molecule has 0 bridgehead atoms. The highest BCUT2D eigenvalue weighted by Crippen LogP contribution is 2.15. The van der Waals surface area contributed by atoms with Crippen LogP contribution in [0.4, 0.5) is 11.4 Å². The monoisotopic (exact) mass is 328 g/mol. The zero-order chi connectivity index (χ0) is 16.8. The molecule has 0 radical (unpaired) electrons. The minimum atomic E-state index is -0.557. The Morgan fingerprint density at radius 3 is 2.30 bits per heavy atom. The van der Waals surface area contributed by atoms with E-state index in [4.69, 9.17) is 16.9 Å². The van der Waals surface area contributed by atoms with Crippen LogP contribution >= 0.6 is 11.6 Å². The largest absolute Gasteiger partial charge is 0.286 e. The zero-order valence-corrected chi connectivity index (χ0v) is 12.3. The van der Waals surface area contributed by atoms with Crippen molar-refractivity contribution in [3.05, 3.63) is 69.2 Å². The fourth-order valence-corrected chi connectivity index (χ4v) is 1.77. The molecule has 0 spiro atoms. The van der Waals surface area contributed by atoms with E-state index in [1.165, 1.54) is 48.5 Å². The number of nitrogens with one attached hydrogen (secondary N) is 1. The molecule has 0 fully saturated rings. The molecule has 0 saturated heterocycles. The molecule has 2 aromatic rings. The topological polar surface area (TPSA) is 108 Å². The van der Waals surface area contributed by atoms with Crippen LogP contribution in [0.5, 0.6) is 0 Å². The highest BCUT2D eigenvalue weighted by Gasteiger charge is 2.14. The number of nitriles is 1. The third kappa shape index (κ3) is 4.12. The Labute approximate surface area is 136 Å². The van der Waals surface area contributed by atoms with Crippen molar-refractivity contribution in [3.63, 3.8) is 0 Å². The van der Waals surface area contributed by atoms with E-state index in [9.17, 15) is 14.9 Å². The minimum Gasteiger partial charge on any atom is -0.286 e. The van der Waals surface area contributed by atoms with Gasteiger partial charge in [-0.3, -0.25) is 20.3 Å². The molecule has 2 aromatic carbocycles. The Balaban J connectivity index is 2.15. The van der Waals surface area contributed by atoms with E-state index < -0.39 is 10.7 Å². The molecule has 2 rings (SSSR count). The van der Waals surface area contributed by atoms with Crippen LogP contribution in [0, 0.1) is 21.4 Å². The molecule has 0 aliphatic heterocycles. The number of hydrazone groups is 1. The van der Waals surface area contributed by atoms with E-state index in [0.29, 0.717) is 10.7 Å². The van der Waals surface area contributed by atoms with Gasteiger partial charge in [0, 0.05) is 22.7 Å². The number of anilines is 1. The lowest BCUT2D eigenvalue weighted by Gasteiger charge is -2.02. The van der Waals surface area contributed by atoms with Crippen LogP contribution in [0.15, 0.2) is 53.6 Å². The Bertz CT molecular complexity index is 808. The summed E-state index contributed by atoms with van der Waals surface area (Å²) in [4.78, 5) is 22.2. The summed E-state index contributed by atoms with van der Waals surface area (Å²) in [6.07, 6.45) is 0. The van der Waals surface area contributed by atoms with Gasteiger partial charge in [0.25, 0.3) is 5.69 Å². The van der Waals surface area contributed by atoms with Gasteiger partial charge >= 0.3 is 0 Å². The number of ketones is 1. The fourth-order valence-electron chi connectivity index (χ4n) is 1.64. The van der Waals surface area contributed by atoms with Gasteiger partial charge in [0.05, 0.1) is 10.6 Å². The van der Waals surface area contributed by atoms with Gasteiger partial charge in [-0.25, -0.2) is 0 Å². The number of halogens is 1. The summed E-state index contributed by atoms with van der Waals surface area (Å²) in [7, 11) is 0. The summed E-state index contributed by atoms with van der Waals surface area (Å²) in [5, 5.41) is 23.8. The number of non-ortho nitro benzene ring substituents is 1. The van der Waals surface area contributed by atoms with Crippen molar-refractivity contribution in [2.24, 2.45) is 5.10 Å². The lowest BCUT2D eigenvalue weighted by Crippen LogP contribution is -2.14. The van der Waals surface area contributed by atoms with Gasteiger partial charge in [0.1, 0.15) is 6.07 Å². The molecule has 0 aliphatic rings. The molecule has 0 amide bonds. The number of benzene rings is 2. The highest BCUT2D eigenvalue weighted by molar-refractivity contribution is 6.51. The van der Waals surface area contributed by atoms with Crippen molar-refractivity contribution in [3.8, 4) is 6.07 Å². The smallest absolute Gasteiger partial charge is 0.269 e. The van der Waals surface area contributed by atoms with Crippen molar-refractivity contribution < 1.29 is 9.72 Å². The van der Waals surface area contributed by atoms with Gasteiger partial charge in [0.2, 0.25) is 11.5 Å². The third-order valence-corrected chi connectivity index (χ3v) is 3.05. The van der Waals surface area contributed by atoms with Crippen LogP contribution in [-0.4, -0.2) is 16.4 Å². The Kier molecular flexibility index (Phi) is 5.02. The van der Waals surface area contributed by atoms with Crippen LogP contribution < -0.4 is 5.43 Å². The molecule has 1 N–H and O–H groups in total. The molecule has 0 saturated carbocycles. The molecule has 0 aromatic heterocycles. The lowest BCUT2D eigenvalue weighted by molar-refractivity contribution is -0.384. The number of nitro benzene ring substituents is 1. The average Bonchev–Trinajstić information content (AvgIpc) is 2.56. The van der Waals surface area contributed by atoms with Gasteiger partial charge < -0.3 is 0 Å². The first-order chi connectivity index (χ1) is 11.0. The van der Waals surface area contributed by atoms with E-state index in [-0.39, 0.29) is 17.0 Å². The predicted molar refractivity (Wildman–Crippen MR) is 85.5 cm³/mol. The number of hydrogen-bond acceptors (Lipinski definition) is 6. The predicted octanol–water partition coefficient (Wildman–Crippen LogP) is 3.42. The number of rotatable bonds is 5. The van der Waals surface area contributed by atoms with E-state index >= 15 is 0 Å². The Hall–Kier alpha value is -3.24. The molecular weight excluding hydrogens is 320 g/mol. The molecule has 0 atom stereocenters. The Morgan fingerprint density at radius 1 is 1.17 bits per heavy atom. The first-order valence-corrected chi connectivity index (χ1v) is 6.67. The van der Waals surface area contributed by atoms with E-state index in [2.05, 4.69) is 10.5 Å². The first kappa shape index (κ1) is 16.1. The van der Waals surface area contributed by atoms with Gasteiger partial charge in [-0.1, -0.05) is 11.6 Å². The summed E-state index contributed by atoms with van der Waals surface area (Å²) in [5.74, 6) is -0.557. The molecule has 23 heavy (non-hydrogen) atoms. The van der Waals surface area contributed by atoms with Crippen LogP contribution in [0.25, 0.3) is 0 Å². The van der Waals surface area contributed by atoms with Crippen molar-refractivity contribution in [2.45, 2.75) is 0 Å². The summed E-state index contributed by atoms with van der Waals surface area (Å²) >= 11 is 5.74. The second-order valence-corrected chi connectivity index (χ2v) is 4.76. The van der Waals surface area contributed by atoms with E-state index in [0.717, 1.165) is 0 Å². The molecule has 0 aliphatic carbocycles. The SMILES string of the molecule is N#C/C(=N\Nc1ccc([N+](=O)[O-])cc1)C(=O)c1ccc(Cl)cc1. The zero-order valence-electron chi connectivity index (χ0n) is 11.6. The quantitative estimate of drug-likeness (QED) is 0.391. The molecule has 0 unspecified atom stereocenters. The van der Waals surface area contributed by atoms with Crippen molar-refractivity contribution in [1.82, 2.24) is 0 Å². The number of nitrogens with zero attached hydrogens (tertiary/aromatic N) is 3. The molecule has 7 nitrogen and oxygen atoms in total.